The van der Waals surface area contributed by atoms with Crippen molar-refractivity contribution >= 4 is 21.5 Å². The van der Waals surface area contributed by atoms with Crippen molar-refractivity contribution in [3.8, 4) is 45.4 Å². The van der Waals surface area contributed by atoms with Gasteiger partial charge < -0.3 is 9.47 Å². The molecule has 0 fully saturated rings. The molecule has 0 saturated carbocycles. The molecular formula is C38H26N2O2. The van der Waals surface area contributed by atoms with Gasteiger partial charge in [-0.1, -0.05) is 91.0 Å². The number of fused-ring (bicyclic) bond motifs is 5. The van der Waals surface area contributed by atoms with Crippen LogP contribution in [0.15, 0.2) is 133 Å². The SMILES string of the molecule is c1ccc(-c2cc3ccc4cc3c(n2)-c2nc(-c3ccccc3)cc3ccc(cc23)OCc2cccc(c2)CO4)cc1. The highest BCUT2D eigenvalue weighted by Crippen LogP contribution is 2.38. The molecule has 0 aliphatic carbocycles. The van der Waals surface area contributed by atoms with Crippen molar-refractivity contribution < 1.29 is 9.47 Å². The first-order chi connectivity index (χ1) is 20.8. The van der Waals surface area contributed by atoms with Crippen LogP contribution in [0.1, 0.15) is 11.1 Å². The molecule has 0 N–H and O–H groups in total. The molecule has 42 heavy (non-hydrogen) atoms. The van der Waals surface area contributed by atoms with E-state index in [9.17, 15) is 0 Å². The molecule has 5 aromatic carbocycles. The van der Waals surface area contributed by atoms with Crippen LogP contribution >= 0.6 is 0 Å². The van der Waals surface area contributed by atoms with Crippen molar-refractivity contribution in [3.05, 3.63) is 145 Å². The van der Waals surface area contributed by atoms with Gasteiger partial charge in [0.05, 0.1) is 22.8 Å². The second-order valence-electron chi connectivity index (χ2n) is 10.6. The molecule has 6 bridgehead atoms. The summed E-state index contributed by atoms with van der Waals surface area (Å²) < 4.78 is 12.6. The van der Waals surface area contributed by atoms with Crippen LogP contribution < -0.4 is 9.47 Å². The normalized spacial score (nSPS) is 12.5. The number of benzene rings is 5. The maximum absolute atomic E-state index is 6.32. The summed E-state index contributed by atoms with van der Waals surface area (Å²) >= 11 is 0. The lowest BCUT2D eigenvalue weighted by atomic mass is 9.98. The average molecular weight is 543 g/mol. The maximum atomic E-state index is 6.32. The highest BCUT2D eigenvalue weighted by Gasteiger charge is 2.18. The van der Waals surface area contributed by atoms with Crippen molar-refractivity contribution in [1.82, 2.24) is 9.97 Å². The number of aromatic nitrogens is 2. The zero-order valence-electron chi connectivity index (χ0n) is 22.8. The Bertz CT molecular complexity index is 1940. The van der Waals surface area contributed by atoms with E-state index in [0.29, 0.717) is 13.2 Å². The van der Waals surface area contributed by atoms with Crippen molar-refractivity contribution in [1.29, 1.82) is 0 Å². The average Bonchev–Trinajstić information content (AvgIpc) is 3.06. The van der Waals surface area contributed by atoms with E-state index in [1.807, 2.05) is 48.5 Å². The van der Waals surface area contributed by atoms with Gasteiger partial charge in [-0.05, 0) is 64.4 Å². The van der Waals surface area contributed by atoms with Gasteiger partial charge in [0.25, 0.3) is 0 Å². The molecule has 1 aliphatic rings. The van der Waals surface area contributed by atoms with Gasteiger partial charge in [-0.15, -0.1) is 0 Å². The number of nitrogens with zero attached hydrogens (tertiary/aromatic N) is 2. The van der Waals surface area contributed by atoms with Gasteiger partial charge in [0.1, 0.15) is 24.7 Å². The molecular weight excluding hydrogens is 516 g/mol. The van der Waals surface area contributed by atoms with Gasteiger partial charge in [0.15, 0.2) is 0 Å². The zero-order valence-corrected chi connectivity index (χ0v) is 22.8. The van der Waals surface area contributed by atoms with E-state index in [4.69, 9.17) is 19.4 Å². The van der Waals surface area contributed by atoms with Crippen molar-refractivity contribution in [3.63, 3.8) is 0 Å². The highest BCUT2D eigenvalue weighted by atomic mass is 16.5. The van der Waals surface area contributed by atoms with E-state index in [1.54, 1.807) is 0 Å². The topological polar surface area (TPSA) is 44.2 Å². The van der Waals surface area contributed by atoms with Crippen LogP contribution in [0, 0.1) is 0 Å². The fourth-order valence-electron chi connectivity index (χ4n) is 5.65. The third kappa shape index (κ3) is 4.53. The summed E-state index contributed by atoms with van der Waals surface area (Å²) in [6, 6.07) is 45.8. The Labute approximate surface area is 243 Å². The lowest BCUT2D eigenvalue weighted by molar-refractivity contribution is 0.300. The van der Waals surface area contributed by atoms with Crippen LogP contribution in [0.5, 0.6) is 11.5 Å². The molecule has 1 aliphatic heterocycles. The van der Waals surface area contributed by atoms with E-state index < -0.39 is 0 Å². The molecule has 0 amide bonds. The van der Waals surface area contributed by atoms with Gasteiger partial charge in [0, 0.05) is 21.9 Å². The second kappa shape index (κ2) is 10.2. The molecule has 0 unspecified atom stereocenters. The largest absolute Gasteiger partial charge is 0.489 e. The number of pyridine rings is 2. The Morgan fingerprint density at radius 2 is 0.905 bits per heavy atom. The number of ether oxygens (including phenoxy) is 2. The lowest BCUT2D eigenvalue weighted by Crippen LogP contribution is -1.99. The fraction of sp³-hybridized carbons (Fsp3) is 0.0526. The molecule has 2 aromatic heterocycles. The third-order valence-electron chi connectivity index (χ3n) is 7.77. The minimum Gasteiger partial charge on any atom is -0.489 e. The molecule has 0 radical (unpaired) electrons. The Hall–Kier alpha value is -5.48. The Kier molecular flexibility index (Phi) is 5.89. The van der Waals surface area contributed by atoms with E-state index in [2.05, 4.69) is 84.9 Å². The van der Waals surface area contributed by atoms with Crippen LogP contribution in [0.25, 0.3) is 55.4 Å². The first kappa shape index (κ1) is 24.3. The molecule has 0 atom stereocenters. The van der Waals surface area contributed by atoms with Crippen LogP contribution in [-0.4, -0.2) is 9.97 Å². The Morgan fingerprint density at radius 1 is 0.429 bits per heavy atom. The molecule has 4 heteroatoms. The minimum absolute atomic E-state index is 0.462. The van der Waals surface area contributed by atoms with Crippen molar-refractivity contribution in [2.24, 2.45) is 0 Å². The summed E-state index contributed by atoms with van der Waals surface area (Å²) in [7, 11) is 0. The molecule has 200 valence electrons. The molecule has 4 nitrogen and oxygen atoms in total. The number of hydrogen-bond acceptors (Lipinski definition) is 4. The third-order valence-corrected chi connectivity index (χ3v) is 7.77. The van der Waals surface area contributed by atoms with Crippen LogP contribution in [-0.2, 0) is 13.2 Å². The monoisotopic (exact) mass is 542 g/mol. The first-order valence-corrected chi connectivity index (χ1v) is 14.1. The predicted octanol–water partition coefficient (Wildman–Crippen LogP) is 9.26. The first-order valence-electron chi connectivity index (χ1n) is 14.1. The molecule has 8 rings (SSSR count). The molecule has 7 aromatic rings. The quantitative estimate of drug-likeness (QED) is 0.218. The maximum Gasteiger partial charge on any atom is 0.120 e. The van der Waals surface area contributed by atoms with Crippen LogP contribution in [0.4, 0.5) is 0 Å². The molecule has 3 heterocycles. The standard InChI is InChI=1S/C38H26N2O2/c1-3-10-27(11-4-1)35-19-29-14-16-31-21-33(29)37(39-35)38-34-22-32(42-24-26-9-7-8-25(18-26)23-41-31)17-15-30(34)20-36(40-38)28-12-5-2-6-13-28/h1-22H,23-24H2. The highest BCUT2D eigenvalue weighted by molar-refractivity contribution is 6.05. The van der Waals surface area contributed by atoms with Gasteiger partial charge in [-0.3, -0.25) is 0 Å². The summed E-state index contributed by atoms with van der Waals surface area (Å²) in [4.78, 5) is 10.6. The van der Waals surface area contributed by atoms with E-state index in [-0.39, 0.29) is 0 Å². The Balaban J connectivity index is 1.44. The summed E-state index contributed by atoms with van der Waals surface area (Å²) in [5, 5.41) is 4.12. The summed E-state index contributed by atoms with van der Waals surface area (Å²) in [6.07, 6.45) is 0. The second-order valence-corrected chi connectivity index (χ2v) is 10.6. The van der Waals surface area contributed by atoms with Crippen LogP contribution in [0.3, 0.4) is 0 Å². The zero-order chi connectivity index (χ0) is 27.9. The van der Waals surface area contributed by atoms with E-state index in [1.165, 1.54) is 0 Å². The van der Waals surface area contributed by atoms with E-state index in [0.717, 1.165) is 78.1 Å². The van der Waals surface area contributed by atoms with Crippen LogP contribution in [0.2, 0.25) is 0 Å². The number of rotatable bonds is 2. The summed E-state index contributed by atoms with van der Waals surface area (Å²) in [5.41, 5.74) is 7.71. The van der Waals surface area contributed by atoms with Gasteiger partial charge in [-0.25, -0.2) is 9.97 Å². The lowest BCUT2D eigenvalue weighted by Gasteiger charge is -2.15. The van der Waals surface area contributed by atoms with Crippen molar-refractivity contribution in [2.45, 2.75) is 13.2 Å². The molecule has 0 spiro atoms. The smallest absolute Gasteiger partial charge is 0.120 e. The summed E-state index contributed by atoms with van der Waals surface area (Å²) in [5.74, 6) is 1.58. The number of hydrogen-bond donors (Lipinski definition) is 0. The molecule has 0 saturated heterocycles. The van der Waals surface area contributed by atoms with E-state index >= 15 is 0 Å². The Morgan fingerprint density at radius 3 is 1.38 bits per heavy atom. The summed E-state index contributed by atoms with van der Waals surface area (Å²) in [6.45, 7) is 0.924. The minimum atomic E-state index is 0.462. The van der Waals surface area contributed by atoms with Gasteiger partial charge in [-0.2, -0.15) is 0 Å². The van der Waals surface area contributed by atoms with Crippen molar-refractivity contribution in [2.75, 3.05) is 0 Å². The van der Waals surface area contributed by atoms with Gasteiger partial charge >= 0.3 is 0 Å². The fourth-order valence-corrected chi connectivity index (χ4v) is 5.65. The van der Waals surface area contributed by atoms with Gasteiger partial charge in [0.2, 0.25) is 0 Å². The predicted molar refractivity (Wildman–Crippen MR) is 168 cm³/mol.